The minimum atomic E-state index is -3.36. The van der Waals surface area contributed by atoms with Crippen LogP contribution in [0.3, 0.4) is 0 Å². The zero-order valence-electron chi connectivity index (χ0n) is 13.4. The van der Waals surface area contributed by atoms with Gasteiger partial charge in [-0.15, -0.1) is 0 Å². The van der Waals surface area contributed by atoms with Gasteiger partial charge in [-0.25, -0.2) is 8.42 Å². The molecule has 0 radical (unpaired) electrons. The fraction of sp³-hybridized carbons (Fsp3) is 0.235. The first-order valence-electron chi connectivity index (χ1n) is 7.47. The second-order valence-corrected chi connectivity index (χ2v) is 7.59. The Morgan fingerprint density at radius 1 is 1.17 bits per heavy atom. The van der Waals surface area contributed by atoms with E-state index in [0.717, 1.165) is 11.8 Å². The molecule has 0 unspecified atom stereocenters. The largest absolute Gasteiger partial charge is 0.489 e. The molecule has 2 aromatic rings. The molecule has 1 aliphatic heterocycles. The molecule has 3 rings (SSSR count). The van der Waals surface area contributed by atoms with Crippen LogP contribution in [0.5, 0.6) is 5.75 Å². The van der Waals surface area contributed by atoms with Gasteiger partial charge < -0.3 is 10.1 Å². The summed E-state index contributed by atoms with van der Waals surface area (Å²) < 4.78 is 30.5. The number of hydrogen-bond acceptors (Lipinski definition) is 4. The number of aryl methyl sites for hydroxylation is 1. The molecule has 0 fully saturated rings. The SMILES string of the molecule is Cc1ccc(C(=O)Nc2ccc3c(c2)OCCN3S(C)(=O)=O)cc1. The van der Waals surface area contributed by atoms with Crippen molar-refractivity contribution in [2.24, 2.45) is 0 Å². The van der Waals surface area contributed by atoms with E-state index in [1.165, 1.54) is 4.31 Å². The van der Waals surface area contributed by atoms with Crippen LogP contribution in [-0.4, -0.2) is 33.7 Å². The summed E-state index contributed by atoms with van der Waals surface area (Å²) in [6.07, 6.45) is 1.16. The number of fused-ring (bicyclic) bond motifs is 1. The maximum Gasteiger partial charge on any atom is 0.255 e. The molecule has 0 saturated heterocycles. The smallest absolute Gasteiger partial charge is 0.255 e. The van der Waals surface area contributed by atoms with Gasteiger partial charge in [0.15, 0.2) is 0 Å². The van der Waals surface area contributed by atoms with Gasteiger partial charge in [0, 0.05) is 17.3 Å². The van der Waals surface area contributed by atoms with Crippen LogP contribution in [0.1, 0.15) is 15.9 Å². The second kappa shape index (κ2) is 6.16. The van der Waals surface area contributed by atoms with Crippen molar-refractivity contribution in [1.29, 1.82) is 0 Å². The highest BCUT2D eigenvalue weighted by molar-refractivity contribution is 7.92. The average Bonchev–Trinajstić information content (AvgIpc) is 2.53. The molecule has 0 saturated carbocycles. The van der Waals surface area contributed by atoms with Crippen molar-refractivity contribution in [3.8, 4) is 5.75 Å². The standard InChI is InChI=1S/C17H18N2O4S/c1-12-3-5-13(6-4-12)17(20)18-14-7-8-15-16(11-14)23-10-9-19(15)24(2,21)22/h3-8,11H,9-10H2,1-2H3,(H,18,20). The van der Waals surface area contributed by atoms with Gasteiger partial charge in [-0.3, -0.25) is 9.10 Å². The molecule has 0 bridgehead atoms. The molecule has 1 N–H and O–H groups in total. The summed E-state index contributed by atoms with van der Waals surface area (Å²) in [6.45, 7) is 2.51. The van der Waals surface area contributed by atoms with Crippen molar-refractivity contribution in [2.75, 3.05) is 29.0 Å². The van der Waals surface area contributed by atoms with E-state index in [1.807, 2.05) is 19.1 Å². The van der Waals surface area contributed by atoms with E-state index in [9.17, 15) is 13.2 Å². The average molecular weight is 346 g/mol. The number of rotatable bonds is 3. The Labute approximate surface area is 141 Å². The molecule has 2 aromatic carbocycles. The Hall–Kier alpha value is -2.54. The number of anilines is 2. The highest BCUT2D eigenvalue weighted by atomic mass is 32.2. The number of amides is 1. The Morgan fingerprint density at radius 2 is 1.88 bits per heavy atom. The molecule has 1 amide bonds. The predicted octanol–water partition coefficient (Wildman–Crippen LogP) is 2.41. The topological polar surface area (TPSA) is 75.7 Å². The van der Waals surface area contributed by atoms with Crippen molar-refractivity contribution in [2.45, 2.75) is 6.92 Å². The fourth-order valence-electron chi connectivity index (χ4n) is 2.53. The molecule has 0 spiro atoms. The van der Waals surface area contributed by atoms with Crippen LogP contribution in [0.2, 0.25) is 0 Å². The molecule has 0 aromatic heterocycles. The zero-order chi connectivity index (χ0) is 17.3. The summed E-state index contributed by atoms with van der Waals surface area (Å²) in [5.74, 6) is 0.208. The molecule has 24 heavy (non-hydrogen) atoms. The second-order valence-electron chi connectivity index (χ2n) is 5.69. The molecule has 6 nitrogen and oxygen atoms in total. The number of sulfonamides is 1. The van der Waals surface area contributed by atoms with E-state index in [0.29, 0.717) is 22.7 Å². The van der Waals surface area contributed by atoms with E-state index in [4.69, 9.17) is 4.74 Å². The lowest BCUT2D eigenvalue weighted by Gasteiger charge is -2.29. The summed E-state index contributed by atoms with van der Waals surface area (Å²) in [7, 11) is -3.36. The van der Waals surface area contributed by atoms with Crippen LogP contribution in [0, 0.1) is 6.92 Å². The lowest BCUT2D eigenvalue weighted by atomic mass is 10.1. The zero-order valence-corrected chi connectivity index (χ0v) is 14.3. The maximum atomic E-state index is 12.3. The van der Waals surface area contributed by atoms with Crippen LogP contribution in [0.15, 0.2) is 42.5 Å². The minimum Gasteiger partial charge on any atom is -0.489 e. The maximum absolute atomic E-state index is 12.3. The third-order valence-electron chi connectivity index (χ3n) is 3.75. The molecular formula is C17H18N2O4S. The number of carbonyl (C=O) groups excluding carboxylic acids is 1. The summed E-state index contributed by atoms with van der Waals surface area (Å²) in [4.78, 5) is 12.3. The van der Waals surface area contributed by atoms with E-state index >= 15 is 0 Å². The Bertz CT molecular complexity index is 876. The Morgan fingerprint density at radius 3 is 2.54 bits per heavy atom. The van der Waals surface area contributed by atoms with Gasteiger partial charge in [-0.05, 0) is 31.2 Å². The molecule has 0 aliphatic carbocycles. The summed E-state index contributed by atoms with van der Waals surface area (Å²) in [5.41, 5.74) is 2.67. The van der Waals surface area contributed by atoms with Crippen molar-refractivity contribution in [3.63, 3.8) is 0 Å². The lowest BCUT2D eigenvalue weighted by molar-refractivity contribution is 0.102. The van der Waals surface area contributed by atoms with Crippen LogP contribution in [0.25, 0.3) is 0 Å². The first-order chi connectivity index (χ1) is 11.3. The van der Waals surface area contributed by atoms with Crippen molar-refractivity contribution in [1.82, 2.24) is 0 Å². The van der Waals surface area contributed by atoms with Crippen molar-refractivity contribution >= 4 is 27.3 Å². The van der Waals surface area contributed by atoms with Crippen molar-refractivity contribution in [3.05, 3.63) is 53.6 Å². The third-order valence-corrected chi connectivity index (χ3v) is 4.93. The fourth-order valence-corrected chi connectivity index (χ4v) is 3.44. The minimum absolute atomic E-state index is 0.231. The highest BCUT2D eigenvalue weighted by Crippen LogP contribution is 2.35. The third kappa shape index (κ3) is 3.35. The van der Waals surface area contributed by atoms with E-state index in [1.54, 1.807) is 30.3 Å². The van der Waals surface area contributed by atoms with Gasteiger partial charge in [0.25, 0.3) is 5.91 Å². The van der Waals surface area contributed by atoms with E-state index in [-0.39, 0.29) is 19.1 Å². The molecule has 7 heteroatoms. The van der Waals surface area contributed by atoms with Crippen LogP contribution < -0.4 is 14.4 Å². The van der Waals surface area contributed by atoms with Gasteiger partial charge >= 0.3 is 0 Å². The Balaban J connectivity index is 1.84. The van der Waals surface area contributed by atoms with E-state index < -0.39 is 10.0 Å². The Kier molecular flexibility index (Phi) is 4.19. The van der Waals surface area contributed by atoms with Crippen LogP contribution in [0.4, 0.5) is 11.4 Å². The molecule has 1 aliphatic rings. The molecule has 126 valence electrons. The molecular weight excluding hydrogens is 328 g/mol. The number of ether oxygens (including phenoxy) is 1. The number of nitrogens with zero attached hydrogens (tertiary/aromatic N) is 1. The first kappa shape index (κ1) is 16.3. The van der Waals surface area contributed by atoms with Crippen LogP contribution >= 0.6 is 0 Å². The highest BCUT2D eigenvalue weighted by Gasteiger charge is 2.25. The first-order valence-corrected chi connectivity index (χ1v) is 9.32. The lowest BCUT2D eigenvalue weighted by Crippen LogP contribution is -2.37. The van der Waals surface area contributed by atoms with Gasteiger partial charge in [-0.2, -0.15) is 0 Å². The van der Waals surface area contributed by atoms with Crippen molar-refractivity contribution < 1.29 is 17.9 Å². The summed E-state index contributed by atoms with van der Waals surface area (Å²) >= 11 is 0. The number of benzene rings is 2. The number of carbonyl (C=O) groups is 1. The van der Waals surface area contributed by atoms with Crippen LogP contribution in [-0.2, 0) is 10.0 Å². The number of hydrogen-bond donors (Lipinski definition) is 1. The van der Waals surface area contributed by atoms with Gasteiger partial charge in [-0.1, -0.05) is 17.7 Å². The molecule has 1 heterocycles. The van der Waals surface area contributed by atoms with Gasteiger partial charge in [0.2, 0.25) is 10.0 Å². The quantitative estimate of drug-likeness (QED) is 0.926. The summed E-state index contributed by atoms with van der Waals surface area (Å²) in [6, 6.07) is 12.2. The molecule has 0 atom stereocenters. The normalized spacial score (nSPS) is 13.8. The van der Waals surface area contributed by atoms with Gasteiger partial charge in [0.05, 0.1) is 18.5 Å². The summed E-state index contributed by atoms with van der Waals surface area (Å²) in [5, 5.41) is 2.79. The van der Waals surface area contributed by atoms with Gasteiger partial charge in [0.1, 0.15) is 12.4 Å². The number of nitrogens with one attached hydrogen (secondary N) is 1. The van der Waals surface area contributed by atoms with E-state index in [2.05, 4.69) is 5.32 Å². The monoisotopic (exact) mass is 346 g/mol. The predicted molar refractivity (Wildman–Crippen MR) is 93.3 cm³/mol.